The minimum Gasteiger partial charge on any atom is -0.376 e. The van der Waals surface area contributed by atoms with Crippen LogP contribution in [-0.4, -0.2) is 42.9 Å². The molecule has 1 heterocycles. The summed E-state index contributed by atoms with van der Waals surface area (Å²) < 4.78 is 5.66. The number of ether oxygens (including phenoxy) is 1. The molecular weight excluding hydrogens is 314 g/mol. The SMILES string of the molecule is COC1(CNC(=O)C=Cc2ccc(SC)cc2)CCSCC1. The van der Waals surface area contributed by atoms with Crippen LogP contribution in [0, 0.1) is 0 Å². The number of benzene rings is 1. The van der Waals surface area contributed by atoms with E-state index >= 15 is 0 Å². The van der Waals surface area contributed by atoms with E-state index < -0.39 is 0 Å². The van der Waals surface area contributed by atoms with Gasteiger partial charge in [0.2, 0.25) is 5.91 Å². The first-order chi connectivity index (χ1) is 10.7. The highest BCUT2D eigenvalue weighted by Gasteiger charge is 2.32. The second-order valence-electron chi connectivity index (χ2n) is 5.32. The van der Waals surface area contributed by atoms with E-state index in [1.54, 1.807) is 24.9 Å². The molecule has 22 heavy (non-hydrogen) atoms. The second-order valence-corrected chi connectivity index (χ2v) is 7.43. The Kier molecular flexibility index (Phi) is 6.86. The number of rotatable bonds is 6. The molecule has 1 amide bonds. The predicted octanol–water partition coefficient (Wildman–Crippen LogP) is 3.45. The van der Waals surface area contributed by atoms with Crippen LogP contribution in [0.15, 0.2) is 35.2 Å². The predicted molar refractivity (Wildman–Crippen MR) is 96.6 cm³/mol. The van der Waals surface area contributed by atoms with Crippen molar-refractivity contribution in [1.29, 1.82) is 0 Å². The van der Waals surface area contributed by atoms with Crippen LogP contribution in [-0.2, 0) is 9.53 Å². The maximum atomic E-state index is 12.0. The van der Waals surface area contributed by atoms with Gasteiger partial charge >= 0.3 is 0 Å². The molecule has 3 nitrogen and oxygen atoms in total. The van der Waals surface area contributed by atoms with E-state index in [0.717, 1.165) is 29.9 Å². The average Bonchev–Trinajstić information content (AvgIpc) is 2.59. The van der Waals surface area contributed by atoms with Crippen molar-refractivity contribution in [2.24, 2.45) is 0 Å². The first kappa shape index (κ1) is 17.4. The van der Waals surface area contributed by atoms with Gasteiger partial charge in [-0.3, -0.25) is 4.79 Å². The zero-order valence-corrected chi connectivity index (χ0v) is 14.8. The summed E-state index contributed by atoms with van der Waals surface area (Å²) in [6.45, 7) is 0.582. The molecule has 0 saturated carbocycles. The molecule has 5 heteroatoms. The fraction of sp³-hybridized carbons (Fsp3) is 0.471. The zero-order valence-electron chi connectivity index (χ0n) is 13.1. The Morgan fingerprint density at radius 2 is 2.05 bits per heavy atom. The van der Waals surface area contributed by atoms with Crippen LogP contribution in [0.2, 0.25) is 0 Å². The van der Waals surface area contributed by atoms with Gasteiger partial charge in [0.1, 0.15) is 0 Å². The Bertz CT molecular complexity index is 508. The molecule has 1 aliphatic rings. The van der Waals surface area contributed by atoms with Crippen LogP contribution < -0.4 is 5.32 Å². The van der Waals surface area contributed by atoms with Crippen molar-refractivity contribution in [3.05, 3.63) is 35.9 Å². The molecule has 1 aromatic carbocycles. The Labute approximate surface area is 141 Å². The highest BCUT2D eigenvalue weighted by Crippen LogP contribution is 2.29. The van der Waals surface area contributed by atoms with Gasteiger partial charge in [-0.25, -0.2) is 0 Å². The first-order valence-electron chi connectivity index (χ1n) is 7.40. The number of thioether (sulfide) groups is 2. The molecular formula is C17H23NO2S2. The highest BCUT2D eigenvalue weighted by atomic mass is 32.2. The number of carbonyl (C=O) groups excluding carboxylic acids is 1. The minimum atomic E-state index is -0.186. The van der Waals surface area contributed by atoms with E-state index in [4.69, 9.17) is 4.74 Å². The van der Waals surface area contributed by atoms with Crippen molar-refractivity contribution < 1.29 is 9.53 Å². The Morgan fingerprint density at radius 3 is 2.64 bits per heavy atom. The Balaban J connectivity index is 1.84. The summed E-state index contributed by atoms with van der Waals surface area (Å²) in [5.41, 5.74) is 0.845. The van der Waals surface area contributed by atoms with Gasteiger partial charge in [0.25, 0.3) is 0 Å². The third-order valence-electron chi connectivity index (χ3n) is 3.96. The van der Waals surface area contributed by atoms with Crippen molar-refractivity contribution in [3.8, 4) is 0 Å². The molecule has 1 saturated heterocycles. The molecule has 1 fully saturated rings. The third kappa shape index (κ3) is 5.07. The Morgan fingerprint density at radius 1 is 1.36 bits per heavy atom. The molecule has 0 radical (unpaired) electrons. The maximum absolute atomic E-state index is 12.0. The first-order valence-corrected chi connectivity index (χ1v) is 9.78. The number of amides is 1. The van der Waals surface area contributed by atoms with E-state index in [9.17, 15) is 4.79 Å². The van der Waals surface area contributed by atoms with Crippen molar-refractivity contribution in [1.82, 2.24) is 5.32 Å². The molecule has 0 aromatic heterocycles. The maximum Gasteiger partial charge on any atom is 0.244 e. The lowest BCUT2D eigenvalue weighted by Gasteiger charge is -2.35. The van der Waals surface area contributed by atoms with Crippen molar-refractivity contribution in [2.75, 3.05) is 31.4 Å². The molecule has 0 atom stereocenters. The molecule has 120 valence electrons. The summed E-state index contributed by atoms with van der Waals surface area (Å²) in [6.07, 6.45) is 7.47. The van der Waals surface area contributed by atoms with Gasteiger partial charge in [0, 0.05) is 24.6 Å². The quantitative estimate of drug-likeness (QED) is 0.637. The summed E-state index contributed by atoms with van der Waals surface area (Å²) in [7, 11) is 1.74. The van der Waals surface area contributed by atoms with E-state index in [2.05, 4.69) is 17.4 Å². The van der Waals surface area contributed by atoms with Crippen molar-refractivity contribution in [2.45, 2.75) is 23.3 Å². The molecule has 1 aromatic rings. The van der Waals surface area contributed by atoms with E-state index in [0.29, 0.717) is 6.54 Å². The van der Waals surface area contributed by atoms with Crippen LogP contribution in [0.3, 0.4) is 0 Å². The monoisotopic (exact) mass is 337 g/mol. The molecule has 0 unspecified atom stereocenters. The third-order valence-corrected chi connectivity index (χ3v) is 5.69. The highest BCUT2D eigenvalue weighted by molar-refractivity contribution is 7.99. The second kappa shape index (κ2) is 8.65. The number of hydrogen-bond donors (Lipinski definition) is 1. The lowest BCUT2D eigenvalue weighted by molar-refractivity contribution is -0.118. The molecule has 0 bridgehead atoms. The van der Waals surface area contributed by atoms with Crippen LogP contribution in [0.1, 0.15) is 18.4 Å². The van der Waals surface area contributed by atoms with Crippen molar-refractivity contribution >= 4 is 35.5 Å². The van der Waals surface area contributed by atoms with Gasteiger partial charge in [-0.1, -0.05) is 12.1 Å². The average molecular weight is 338 g/mol. The smallest absolute Gasteiger partial charge is 0.244 e. The fourth-order valence-electron chi connectivity index (χ4n) is 2.39. The number of methoxy groups -OCH3 is 1. The van der Waals surface area contributed by atoms with Crippen LogP contribution in [0.4, 0.5) is 0 Å². The van der Waals surface area contributed by atoms with Gasteiger partial charge in [-0.15, -0.1) is 11.8 Å². The van der Waals surface area contributed by atoms with Gasteiger partial charge in [0.15, 0.2) is 0 Å². The summed E-state index contributed by atoms with van der Waals surface area (Å²) in [5.74, 6) is 2.13. The van der Waals surface area contributed by atoms with Crippen molar-refractivity contribution in [3.63, 3.8) is 0 Å². The lowest BCUT2D eigenvalue weighted by Crippen LogP contribution is -2.46. The zero-order chi connectivity index (χ0) is 15.8. The van der Waals surface area contributed by atoms with Gasteiger partial charge in [-0.05, 0) is 54.4 Å². The van der Waals surface area contributed by atoms with Crippen LogP contribution in [0.5, 0.6) is 0 Å². The van der Waals surface area contributed by atoms with E-state index in [1.807, 2.05) is 36.2 Å². The Hall–Kier alpha value is -0.910. The summed E-state index contributed by atoms with van der Waals surface area (Å²) in [6, 6.07) is 8.15. The lowest BCUT2D eigenvalue weighted by atomic mass is 9.96. The van der Waals surface area contributed by atoms with Gasteiger partial charge in [0.05, 0.1) is 5.60 Å². The molecule has 2 rings (SSSR count). The fourth-order valence-corrected chi connectivity index (χ4v) is 4.04. The number of nitrogens with one attached hydrogen (secondary N) is 1. The molecule has 1 N–H and O–H groups in total. The number of hydrogen-bond acceptors (Lipinski definition) is 4. The standard InChI is InChI=1S/C17H23NO2S2/c1-20-17(9-11-22-12-10-17)13-18-16(19)8-5-14-3-6-15(21-2)7-4-14/h3-8H,9-13H2,1-2H3,(H,18,19). The summed E-state index contributed by atoms with van der Waals surface area (Å²) >= 11 is 3.66. The van der Waals surface area contributed by atoms with E-state index in [-0.39, 0.29) is 11.5 Å². The van der Waals surface area contributed by atoms with Gasteiger partial charge in [-0.2, -0.15) is 11.8 Å². The van der Waals surface area contributed by atoms with Crippen LogP contribution in [0.25, 0.3) is 6.08 Å². The van der Waals surface area contributed by atoms with E-state index in [1.165, 1.54) is 4.90 Å². The minimum absolute atomic E-state index is 0.0661. The van der Waals surface area contributed by atoms with Crippen LogP contribution >= 0.6 is 23.5 Å². The molecule has 0 aliphatic carbocycles. The summed E-state index contributed by atoms with van der Waals surface area (Å²) in [4.78, 5) is 13.2. The summed E-state index contributed by atoms with van der Waals surface area (Å²) in [5, 5.41) is 2.97. The normalized spacial score (nSPS) is 17.5. The largest absolute Gasteiger partial charge is 0.376 e. The molecule has 1 aliphatic heterocycles. The van der Waals surface area contributed by atoms with Gasteiger partial charge < -0.3 is 10.1 Å². The topological polar surface area (TPSA) is 38.3 Å². The number of carbonyl (C=O) groups is 1. The molecule has 0 spiro atoms.